The van der Waals surface area contributed by atoms with E-state index < -0.39 is 0 Å². The van der Waals surface area contributed by atoms with E-state index in [-0.39, 0.29) is 11.5 Å². The van der Waals surface area contributed by atoms with Crippen molar-refractivity contribution in [2.75, 3.05) is 13.1 Å². The van der Waals surface area contributed by atoms with Gasteiger partial charge in [0.1, 0.15) is 0 Å². The van der Waals surface area contributed by atoms with E-state index in [1.54, 1.807) is 0 Å². The van der Waals surface area contributed by atoms with E-state index in [0.29, 0.717) is 0 Å². The van der Waals surface area contributed by atoms with Gasteiger partial charge in [-0.05, 0) is 37.5 Å². The van der Waals surface area contributed by atoms with Crippen LogP contribution >= 0.6 is 0 Å². The van der Waals surface area contributed by atoms with Crippen LogP contribution in [0.15, 0.2) is 5.10 Å². The number of piperidine rings is 1. The van der Waals surface area contributed by atoms with Crippen LogP contribution < -0.4 is 0 Å². The van der Waals surface area contributed by atoms with Crippen molar-refractivity contribution < 1.29 is 5.11 Å². The standard InChI is InChI=1S/C13H24N2O/c1-13(2)9-11(8-12(16)10-13)14-15-6-4-3-5-7-15/h12,16H,3-10H2,1-2H3/b14-11-. The minimum Gasteiger partial charge on any atom is -0.393 e. The lowest BCUT2D eigenvalue weighted by molar-refractivity contribution is 0.106. The van der Waals surface area contributed by atoms with E-state index >= 15 is 0 Å². The molecule has 1 saturated carbocycles. The largest absolute Gasteiger partial charge is 0.393 e. The molecule has 0 aromatic rings. The van der Waals surface area contributed by atoms with Gasteiger partial charge in [-0.2, -0.15) is 5.10 Å². The lowest BCUT2D eigenvalue weighted by Gasteiger charge is -2.35. The molecule has 3 heteroatoms. The maximum absolute atomic E-state index is 9.85. The minimum absolute atomic E-state index is 0.188. The molecule has 1 N–H and O–H groups in total. The Morgan fingerprint density at radius 1 is 1.25 bits per heavy atom. The van der Waals surface area contributed by atoms with Crippen LogP contribution in [0.2, 0.25) is 0 Å². The third-order valence-corrected chi connectivity index (χ3v) is 3.56. The molecule has 0 aromatic heterocycles. The molecular formula is C13H24N2O. The summed E-state index contributed by atoms with van der Waals surface area (Å²) in [7, 11) is 0. The summed E-state index contributed by atoms with van der Waals surface area (Å²) in [6, 6.07) is 0. The Morgan fingerprint density at radius 2 is 1.94 bits per heavy atom. The SMILES string of the molecule is CC1(C)C/C(=N\N2CCCCC2)CC(O)C1. The maximum atomic E-state index is 9.85. The molecule has 1 aliphatic heterocycles. The van der Waals surface area contributed by atoms with Crippen molar-refractivity contribution in [2.45, 2.75) is 58.5 Å². The van der Waals surface area contributed by atoms with Crippen molar-refractivity contribution in [3.63, 3.8) is 0 Å². The number of nitrogens with zero attached hydrogens (tertiary/aromatic N) is 2. The van der Waals surface area contributed by atoms with Gasteiger partial charge in [-0.3, -0.25) is 5.01 Å². The number of hydrogen-bond donors (Lipinski definition) is 1. The molecule has 0 aromatic carbocycles. The van der Waals surface area contributed by atoms with Crippen LogP contribution in [0.5, 0.6) is 0 Å². The summed E-state index contributed by atoms with van der Waals surface area (Å²) < 4.78 is 0. The number of rotatable bonds is 1. The lowest BCUT2D eigenvalue weighted by Crippen LogP contribution is -2.34. The van der Waals surface area contributed by atoms with Gasteiger partial charge in [-0.25, -0.2) is 0 Å². The highest BCUT2D eigenvalue weighted by Crippen LogP contribution is 2.34. The van der Waals surface area contributed by atoms with E-state index in [0.717, 1.165) is 32.4 Å². The molecule has 3 nitrogen and oxygen atoms in total. The molecule has 1 aliphatic carbocycles. The molecule has 1 atom stereocenters. The van der Waals surface area contributed by atoms with Crippen LogP contribution in [0.1, 0.15) is 52.4 Å². The van der Waals surface area contributed by atoms with Crippen LogP contribution in [-0.2, 0) is 0 Å². The Kier molecular flexibility index (Phi) is 3.53. The second kappa shape index (κ2) is 4.74. The zero-order valence-electron chi connectivity index (χ0n) is 10.6. The van der Waals surface area contributed by atoms with Crippen LogP contribution in [-0.4, -0.2) is 35.0 Å². The van der Waals surface area contributed by atoms with Crippen molar-refractivity contribution in [3.05, 3.63) is 0 Å². The van der Waals surface area contributed by atoms with Gasteiger partial charge in [0, 0.05) is 25.2 Å². The Morgan fingerprint density at radius 3 is 2.56 bits per heavy atom. The molecule has 0 bridgehead atoms. The number of aliphatic hydroxyl groups excluding tert-OH is 1. The zero-order chi connectivity index (χ0) is 11.6. The number of hydrazone groups is 1. The predicted molar refractivity (Wildman–Crippen MR) is 66.5 cm³/mol. The monoisotopic (exact) mass is 224 g/mol. The highest BCUT2D eigenvalue weighted by atomic mass is 16.3. The van der Waals surface area contributed by atoms with Crippen LogP contribution in [0.3, 0.4) is 0 Å². The summed E-state index contributed by atoms with van der Waals surface area (Å²) in [5.41, 5.74) is 1.41. The summed E-state index contributed by atoms with van der Waals surface area (Å²) in [4.78, 5) is 0. The Labute approximate surface area is 98.5 Å². The average molecular weight is 224 g/mol. The fourth-order valence-electron chi connectivity index (χ4n) is 2.93. The van der Waals surface area contributed by atoms with Crippen LogP contribution in [0, 0.1) is 5.41 Å². The van der Waals surface area contributed by atoms with E-state index in [1.165, 1.54) is 25.0 Å². The summed E-state index contributed by atoms with van der Waals surface area (Å²) in [5.74, 6) is 0. The molecule has 0 radical (unpaired) electrons. The fourth-order valence-corrected chi connectivity index (χ4v) is 2.93. The summed E-state index contributed by atoms with van der Waals surface area (Å²) in [5, 5.41) is 16.8. The Hall–Kier alpha value is -0.570. The highest BCUT2D eigenvalue weighted by molar-refractivity contribution is 5.86. The number of aliphatic hydroxyl groups is 1. The van der Waals surface area contributed by atoms with Crippen LogP contribution in [0.4, 0.5) is 0 Å². The van der Waals surface area contributed by atoms with Gasteiger partial charge in [0.25, 0.3) is 0 Å². The summed E-state index contributed by atoms with van der Waals surface area (Å²) in [6.45, 7) is 6.64. The van der Waals surface area contributed by atoms with Gasteiger partial charge >= 0.3 is 0 Å². The van der Waals surface area contributed by atoms with E-state index in [1.807, 2.05) is 0 Å². The topological polar surface area (TPSA) is 35.8 Å². The predicted octanol–water partition coefficient (Wildman–Crippen LogP) is 2.40. The first-order chi connectivity index (χ1) is 7.55. The highest BCUT2D eigenvalue weighted by Gasteiger charge is 2.31. The molecule has 0 spiro atoms. The average Bonchev–Trinajstić information content (AvgIpc) is 2.15. The fraction of sp³-hybridized carbons (Fsp3) is 0.923. The van der Waals surface area contributed by atoms with Crippen molar-refractivity contribution in [2.24, 2.45) is 10.5 Å². The van der Waals surface area contributed by atoms with E-state index in [2.05, 4.69) is 18.9 Å². The van der Waals surface area contributed by atoms with Gasteiger partial charge in [0.05, 0.1) is 6.10 Å². The van der Waals surface area contributed by atoms with E-state index in [4.69, 9.17) is 5.10 Å². The molecule has 2 fully saturated rings. The normalized spacial score (nSPS) is 33.1. The smallest absolute Gasteiger partial charge is 0.0598 e. The lowest BCUT2D eigenvalue weighted by atomic mass is 9.75. The molecule has 2 aliphatic rings. The van der Waals surface area contributed by atoms with Gasteiger partial charge in [-0.15, -0.1) is 0 Å². The molecule has 1 heterocycles. The zero-order valence-corrected chi connectivity index (χ0v) is 10.6. The van der Waals surface area contributed by atoms with E-state index in [9.17, 15) is 5.11 Å². The van der Waals surface area contributed by atoms with Crippen molar-refractivity contribution in [1.29, 1.82) is 0 Å². The molecule has 2 rings (SSSR count). The second-order valence-corrected chi connectivity index (χ2v) is 6.08. The molecular weight excluding hydrogens is 200 g/mol. The van der Waals surface area contributed by atoms with Crippen LogP contribution in [0.25, 0.3) is 0 Å². The quantitative estimate of drug-likeness (QED) is 0.742. The third-order valence-electron chi connectivity index (χ3n) is 3.56. The molecule has 92 valence electrons. The third kappa shape index (κ3) is 3.21. The minimum atomic E-state index is -0.188. The maximum Gasteiger partial charge on any atom is 0.0598 e. The summed E-state index contributed by atoms with van der Waals surface area (Å²) in [6.07, 6.45) is 6.42. The Bertz CT molecular complexity index is 267. The first kappa shape index (κ1) is 11.9. The molecule has 1 saturated heterocycles. The summed E-state index contributed by atoms with van der Waals surface area (Å²) >= 11 is 0. The van der Waals surface area contributed by atoms with Crippen molar-refractivity contribution in [3.8, 4) is 0 Å². The second-order valence-electron chi connectivity index (χ2n) is 6.08. The van der Waals surface area contributed by atoms with Gasteiger partial charge in [0.15, 0.2) is 0 Å². The van der Waals surface area contributed by atoms with Gasteiger partial charge in [-0.1, -0.05) is 13.8 Å². The van der Waals surface area contributed by atoms with Crippen molar-refractivity contribution >= 4 is 5.71 Å². The molecule has 16 heavy (non-hydrogen) atoms. The van der Waals surface area contributed by atoms with Gasteiger partial charge < -0.3 is 5.11 Å². The van der Waals surface area contributed by atoms with Crippen molar-refractivity contribution in [1.82, 2.24) is 5.01 Å². The molecule has 0 amide bonds. The first-order valence-corrected chi connectivity index (χ1v) is 6.54. The molecule has 1 unspecified atom stereocenters. The number of hydrogen-bond acceptors (Lipinski definition) is 3. The first-order valence-electron chi connectivity index (χ1n) is 6.54. The van der Waals surface area contributed by atoms with Gasteiger partial charge in [0.2, 0.25) is 0 Å². The Balaban J connectivity index is 1.99.